The number of piperazine rings is 1. The van der Waals surface area contributed by atoms with Crippen LogP contribution in [0.25, 0.3) is 0 Å². The van der Waals surface area contributed by atoms with Crippen LogP contribution >= 0.6 is 11.3 Å². The molecule has 0 atom stereocenters. The van der Waals surface area contributed by atoms with Crippen LogP contribution in [-0.2, 0) is 16.1 Å². The summed E-state index contributed by atoms with van der Waals surface area (Å²) in [6.45, 7) is 14.1. The van der Waals surface area contributed by atoms with Crippen molar-refractivity contribution in [3.8, 4) is 5.75 Å². The molecule has 0 spiro atoms. The third-order valence-electron chi connectivity index (χ3n) is 6.65. The quantitative estimate of drug-likeness (QED) is 0.385. The molecule has 1 fully saturated rings. The number of carbonyl (C=O) groups excluding carboxylic acids is 3. The van der Waals surface area contributed by atoms with E-state index in [0.717, 1.165) is 16.9 Å². The Morgan fingerprint density at radius 1 is 1.15 bits per heavy atom. The van der Waals surface area contributed by atoms with Crippen LogP contribution in [0, 0.1) is 13.8 Å². The number of rotatable bonds is 6. The summed E-state index contributed by atoms with van der Waals surface area (Å²) in [5.41, 5.74) is 0.820. The molecular weight excluding hydrogens is 546 g/mol. The Labute approximate surface area is 243 Å². The van der Waals surface area contributed by atoms with Gasteiger partial charge in [-0.05, 0) is 60.1 Å². The molecule has 3 heterocycles. The van der Waals surface area contributed by atoms with Crippen molar-refractivity contribution in [2.24, 2.45) is 0 Å². The maximum atomic E-state index is 13.1. The first kappa shape index (κ1) is 29.8. The smallest absolute Gasteiger partial charge is 0.410 e. The fourth-order valence-corrected chi connectivity index (χ4v) is 5.25. The Hall–Kier alpha value is -4.13. The number of anilines is 3. The van der Waals surface area contributed by atoms with Crippen molar-refractivity contribution in [1.29, 1.82) is 0 Å². The Balaban J connectivity index is 1.33. The number of hydrogen-bond donors (Lipinski definition) is 3. The first-order valence-corrected chi connectivity index (χ1v) is 14.1. The molecule has 1 aliphatic heterocycles. The van der Waals surface area contributed by atoms with Gasteiger partial charge in [0, 0.05) is 37.5 Å². The lowest BCUT2D eigenvalue weighted by Crippen LogP contribution is -2.62. The van der Waals surface area contributed by atoms with Gasteiger partial charge in [0.2, 0.25) is 5.91 Å². The zero-order valence-electron chi connectivity index (χ0n) is 24.4. The van der Waals surface area contributed by atoms with E-state index in [0.29, 0.717) is 46.7 Å². The second kappa shape index (κ2) is 11.4. The van der Waals surface area contributed by atoms with Crippen LogP contribution in [0.4, 0.5) is 21.4 Å². The second-order valence-corrected chi connectivity index (χ2v) is 12.7. The highest BCUT2D eigenvalue weighted by Crippen LogP contribution is 2.30. The van der Waals surface area contributed by atoms with Gasteiger partial charge in [0.1, 0.15) is 22.8 Å². The van der Waals surface area contributed by atoms with Gasteiger partial charge in [0.15, 0.2) is 10.9 Å². The van der Waals surface area contributed by atoms with Crippen molar-refractivity contribution < 1.29 is 24.2 Å². The van der Waals surface area contributed by atoms with Crippen molar-refractivity contribution >= 4 is 45.9 Å². The minimum atomic E-state index is -0.593. The normalized spacial score (nSPS) is 15.0. The van der Waals surface area contributed by atoms with Gasteiger partial charge in [-0.1, -0.05) is 17.4 Å². The number of benzene rings is 1. The van der Waals surface area contributed by atoms with E-state index in [1.54, 1.807) is 41.1 Å². The first-order valence-electron chi connectivity index (χ1n) is 13.3. The number of phenols is 1. The zero-order valence-corrected chi connectivity index (χ0v) is 25.3. The Morgan fingerprint density at radius 3 is 2.56 bits per heavy atom. The molecule has 220 valence electrons. The summed E-state index contributed by atoms with van der Waals surface area (Å²) in [6.07, 6.45) is 2.77. The fourth-order valence-electron chi connectivity index (χ4n) is 4.53. The van der Waals surface area contributed by atoms with Crippen molar-refractivity contribution in [3.05, 3.63) is 46.6 Å². The van der Waals surface area contributed by atoms with Crippen molar-refractivity contribution in [1.82, 2.24) is 24.6 Å². The van der Waals surface area contributed by atoms with E-state index in [-0.39, 0.29) is 30.2 Å². The van der Waals surface area contributed by atoms with Crippen molar-refractivity contribution in [2.45, 2.75) is 66.2 Å². The molecule has 1 saturated heterocycles. The molecule has 3 amide bonds. The average molecular weight is 584 g/mol. The van der Waals surface area contributed by atoms with Gasteiger partial charge in [-0.2, -0.15) is 5.10 Å². The molecule has 1 aliphatic rings. The first-order chi connectivity index (χ1) is 19.1. The number of thiazole rings is 1. The van der Waals surface area contributed by atoms with Crippen LogP contribution < -0.4 is 10.6 Å². The summed E-state index contributed by atoms with van der Waals surface area (Å²) in [5, 5.41) is 20.8. The van der Waals surface area contributed by atoms with Gasteiger partial charge in [-0.3, -0.25) is 19.2 Å². The molecule has 12 nitrogen and oxygen atoms in total. The zero-order chi connectivity index (χ0) is 30.1. The summed E-state index contributed by atoms with van der Waals surface area (Å²) < 4.78 is 7.07. The predicted molar refractivity (Wildman–Crippen MR) is 157 cm³/mol. The van der Waals surface area contributed by atoms with E-state index in [9.17, 15) is 19.5 Å². The summed E-state index contributed by atoms with van der Waals surface area (Å²) in [5.74, 6) is 0.146. The molecule has 0 aliphatic carbocycles. The van der Waals surface area contributed by atoms with E-state index in [4.69, 9.17) is 4.74 Å². The summed E-state index contributed by atoms with van der Waals surface area (Å²) >= 11 is 1.16. The Kier molecular flexibility index (Phi) is 8.29. The van der Waals surface area contributed by atoms with Gasteiger partial charge >= 0.3 is 6.09 Å². The number of aryl methyl sites for hydroxylation is 1. The Bertz CT molecular complexity index is 1460. The molecule has 4 rings (SSSR count). The van der Waals surface area contributed by atoms with E-state index >= 15 is 0 Å². The van der Waals surface area contributed by atoms with Crippen LogP contribution in [-0.4, -0.2) is 78.4 Å². The summed E-state index contributed by atoms with van der Waals surface area (Å²) in [7, 11) is 0. The molecule has 0 saturated carbocycles. The number of carbonyl (C=O) groups is 3. The molecule has 3 N–H and O–H groups in total. The second-order valence-electron chi connectivity index (χ2n) is 11.7. The predicted octanol–water partition coefficient (Wildman–Crippen LogP) is 4.52. The van der Waals surface area contributed by atoms with Gasteiger partial charge in [-0.15, -0.1) is 0 Å². The summed E-state index contributed by atoms with van der Waals surface area (Å²) in [6, 6.07) is 5.05. The number of phenolic OH excluding ortho intramolecular Hbond substituents is 1. The minimum absolute atomic E-state index is 0.0400. The third-order valence-corrected chi connectivity index (χ3v) is 7.57. The maximum Gasteiger partial charge on any atom is 0.410 e. The van der Waals surface area contributed by atoms with Gasteiger partial charge < -0.3 is 25.4 Å². The lowest BCUT2D eigenvalue weighted by molar-refractivity contribution is -0.137. The third kappa shape index (κ3) is 7.15. The SMILES string of the molecule is Cc1ccc(O)c(C)c1NC(=O)c1cnc(Nc2ccn(CC(=O)N3CCN(C(=O)OC(C)(C)C)C(C)(C)C3)n2)s1. The number of hydrogen-bond acceptors (Lipinski definition) is 9. The van der Waals surface area contributed by atoms with Gasteiger partial charge in [-0.25, -0.2) is 9.78 Å². The number of ether oxygens (including phenoxy) is 1. The molecule has 3 aromatic rings. The monoisotopic (exact) mass is 583 g/mol. The highest BCUT2D eigenvalue weighted by Gasteiger charge is 2.40. The van der Waals surface area contributed by atoms with Crippen LogP contribution in [0.15, 0.2) is 30.6 Å². The molecule has 2 aromatic heterocycles. The minimum Gasteiger partial charge on any atom is -0.508 e. The topological polar surface area (TPSA) is 142 Å². The number of aromatic hydroxyl groups is 1. The number of amides is 3. The van der Waals surface area contributed by atoms with E-state index in [1.165, 1.54) is 10.9 Å². The lowest BCUT2D eigenvalue weighted by Gasteiger charge is -2.46. The van der Waals surface area contributed by atoms with Crippen LogP contribution in [0.5, 0.6) is 5.75 Å². The molecule has 0 radical (unpaired) electrons. The van der Waals surface area contributed by atoms with Crippen molar-refractivity contribution in [3.63, 3.8) is 0 Å². The number of nitrogens with one attached hydrogen (secondary N) is 2. The maximum absolute atomic E-state index is 13.1. The molecule has 0 unspecified atom stereocenters. The highest BCUT2D eigenvalue weighted by molar-refractivity contribution is 7.17. The summed E-state index contributed by atoms with van der Waals surface area (Å²) in [4.78, 5) is 46.6. The van der Waals surface area contributed by atoms with Crippen molar-refractivity contribution in [2.75, 3.05) is 30.3 Å². The highest BCUT2D eigenvalue weighted by atomic mass is 32.1. The number of nitrogens with zero attached hydrogens (tertiary/aromatic N) is 5. The number of aromatic nitrogens is 3. The lowest BCUT2D eigenvalue weighted by atomic mass is 9.99. The Morgan fingerprint density at radius 2 is 1.88 bits per heavy atom. The van der Waals surface area contributed by atoms with E-state index in [1.807, 2.05) is 41.5 Å². The standard InChI is InChI=1S/C28H37N7O5S/c1-17-8-9-19(36)18(2)23(17)31-24(38)20-14-29-25(41-20)30-21-10-11-34(32-21)15-22(37)33-12-13-35(28(6,7)16-33)26(39)40-27(3,4)5/h8-11,14,36H,12-13,15-16H2,1-7H3,(H,31,38)(H,29,30,32). The molecule has 41 heavy (non-hydrogen) atoms. The van der Waals surface area contributed by atoms with Gasteiger partial charge in [0.25, 0.3) is 5.91 Å². The molecule has 1 aromatic carbocycles. The van der Waals surface area contributed by atoms with Crippen LogP contribution in [0.1, 0.15) is 55.4 Å². The average Bonchev–Trinajstić information content (AvgIpc) is 3.52. The largest absolute Gasteiger partial charge is 0.508 e. The van der Waals surface area contributed by atoms with E-state index < -0.39 is 11.1 Å². The fraction of sp³-hybridized carbons (Fsp3) is 0.464. The molecule has 13 heteroatoms. The van der Waals surface area contributed by atoms with Crippen LogP contribution in [0.3, 0.4) is 0 Å². The van der Waals surface area contributed by atoms with Crippen LogP contribution in [0.2, 0.25) is 0 Å². The molecule has 0 bridgehead atoms. The van der Waals surface area contributed by atoms with Gasteiger partial charge in [0.05, 0.1) is 17.4 Å². The van der Waals surface area contributed by atoms with E-state index in [2.05, 4.69) is 20.7 Å². The molecular formula is C28H37N7O5S.